The zero-order chi connectivity index (χ0) is 34.9. The predicted octanol–water partition coefficient (Wildman–Crippen LogP) is -1.21. The van der Waals surface area contributed by atoms with Crippen molar-refractivity contribution in [2.24, 2.45) is 5.73 Å². The fraction of sp³-hybridized carbons (Fsp3) is 0.935. The summed E-state index contributed by atoms with van der Waals surface area (Å²) in [4.78, 5) is 22.2. The van der Waals surface area contributed by atoms with E-state index in [-0.39, 0.29) is 11.8 Å². The van der Waals surface area contributed by atoms with E-state index >= 15 is 0 Å². The quantitative estimate of drug-likeness (QED) is 0.0642. The van der Waals surface area contributed by atoms with Crippen molar-refractivity contribution in [3.8, 4) is 0 Å². The van der Waals surface area contributed by atoms with Gasteiger partial charge in [-0.1, -0.05) is 0 Å². The molecule has 17 nitrogen and oxygen atoms in total. The van der Waals surface area contributed by atoms with Crippen LogP contribution in [0.4, 0.5) is 0 Å². The first kappa shape index (κ1) is 46.4. The van der Waals surface area contributed by atoms with Gasteiger partial charge in [-0.15, -0.1) is 0 Å². The Morgan fingerprint density at radius 2 is 0.625 bits per heavy atom. The third-order valence-corrected chi connectivity index (χ3v) is 5.78. The molecule has 17 heteroatoms. The second-order valence-corrected chi connectivity index (χ2v) is 9.66. The molecular formula is C31H63N3O14. The Morgan fingerprint density at radius 3 is 0.875 bits per heavy atom. The molecule has 0 heterocycles. The van der Waals surface area contributed by atoms with Crippen LogP contribution in [0.1, 0.15) is 12.8 Å². The molecule has 0 spiro atoms. The molecule has 0 unspecified atom stereocenters. The van der Waals surface area contributed by atoms with Crippen molar-refractivity contribution < 1.29 is 66.4 Å². The lowest BCUT2D eigenvalue weighted by molar-refractivity contribution is -0.122. The molecule has 0 aromatic heterocycles. The number of hydrogen-bond acceptors (Lipinski definition) is 15. The highest BCUT2D eigenvalue weighted by atomic mass is 16.6. The standard InChI is InChI=1S/C31H63N3O14/c1-33-30(35)3-6-37-8-10-39-12-14-41-16-18-43-20-22-45-24-26-47-28-29-48-27-25-46-23-21-44-19-17-42-15-13-40-11-9-38-7-5-34-31(36)2-4-32/h2-29,32H2,1H3,(H,33,35)(H,34,36). The van der Waals surface area contributed by atoms with Crippen molar-refractivity contribution in [3.63, 3.8) is 0 Å². The van der Waals surface area contributed by atoms with Gasteiger partial charge in [-0.25, -0.2) is 0 Å². The third-order valence-electron chi connectivity index (χ3n) is 5.78. The first-order valence-corrected chi connectivity index (χ1v) is 16.8. The fourth-order valence-corrected chi connectivity index (χ4v) is 3.29. The van der Waals surface area contributed by atoms with Crippen LogP contribution in [-0.2, 0) is 66.4 Å². The van der Waals surface area contributed by atoms with Crippen molar-refractivity contribution in [1.82, 2.24) is 10.6 Å². The minimum absolute atomic E-state index is 0.0395. The Morgan fingerprint density at radius 1 is 0.375 bits per heavy atom. The van der Waals surface area contributed by atoms with E-state index in [9.17, 15) is 9.59 Å². The smallest absolute Gasteiger partial charge is 0.222 e. The molecule has 0 saturated heterocycles. The molecule has 4 N–H and O–H groups in total. The number of nitrogens with two attached hydrogens (primary N) is 1. The van der Waals surface area contributed by atoms with E-state index in [4.69, 9.17) is 62.6 Å². The number of carbonyl (C=O) groups excluding carboxylic acids is 2. The first-order chi connectivity index (χ1) is 23.7. The van der Waals surface area contributed by atoms with Crippen LogP contribution in [0.2, 0.25) is 0 Å². The van der Waals surface area contributed by atoms with Gasteiger partial charge in [0.1, 0.15) is 0 Å². The summed E-state index contributed by atoms with van der Waals surface area (Å²) in [6, 6.07) is 0. The molecule has 0 fully saturated rings. The highest BCUT2D eigenvalue weighted by Gasteiger charge is 2.00. The lowest BCUT2D eigenvalue weighted by Crippen LogP contribution is -2.29. The van der Waals surface area contributed by atoms with Gasteiger partial charge in [0.15, 0.2) is 0 Å². The van der Waals surface area contributed by atoms with Crippen LogP contribution >= 0.6 is 0 Å². The van der Waals surface area contributed by atoms with Gasteiger partial charge in [0.2, 0.25) is 11.8 Å². The monoisotopic (exact) mass is 701 g/mol. The van der Waals surface area contributed by atoms with Gasteiger partial charge in [-0.3, -0.25) is 9.59 Å². The largest absolute Gasteiger partial charge is 0.379 e. The normalized spacial score (nSPS) is 11.3. The molecule has 0 aromatic rings. The summed E-state index contributed by atoms with van der Waals surface area (Å²) >= 11 is 0. The van der Waals surface area contributed by atoms with Crippen LogP contribution < -0.4 is 16.4 Å². The Kier molecular flexibility index (Phi) is 40.2. The van der Waals surface area contributed by atoms with E-state index in [0.717, 1.165) is 0 Å². The number of carbonyl (C=O) groups is 2. The summed E-state index contributed by atoms with van der Waals surface area (Å²) in [5.41, 5.74) is 5.30. The van der Waals surface area contributed by atoms with Crippen LogP contribution in [0.3, 0.4) is 0 Å². The molecule has 0 aliphatic carbocycles. The van der Waals surface area contributed by atoms with Gasteiger partial charge in [0.05, 0.1) is 159 Å². The van der Waals surface area contributed by atoms with E-state index in [1.807, 2.05) is 0 Å². The summed E-state index contributed by atoms with van der Waals surface area (Å²) in [7, 11) is 1.60. The number of rotatable bonds is 41. The molecule has 0 bridgehead atoms. The number of ether oxygens (including phenoxy) is 12. The highest BCUT2D eigenvalue weighted by molar-refractivity contribution is 5.76. The topological polar surface area (TPSA) is 195 Å². The zero-order valence-electron chi connectivity index (χ0n) is 29.1. The van der Waals surface area contributed by atoms with Crippen molar-refractivity contribution in [2.75, 3.05) is 179 Å². The minimum Gasteiger partial charge on any atom is -0.379 e. The van der Waals surface area contributed by atoms with Crippen LogP contribution in [0.5, 0.6) is 0 Å². The second-order valence-electron chi connectivity index (χ2n) is 9.66. The van der Waals surface area contributed by atoms with E-state index in [0.29, 0.717) is 184 Å². The molecule has 2 amide bonds. The Balaban J connectivity index is 3.07. The van der Waals surface area contributed by atoms with Gasteiger partial charge < -0.3 is 73.2 Å². The first-order valence-electron chi connectivity index (χ1n) is 16.8. The molecular weight excluding hydrogens is 638 g/mol. The van der Waals surface area contributed by atoms with Crippen LogP contribution in [0.15, 0.2) is 0 Å². The average Bonchev–Trinajstić information content (AvgIpc) is 3.09. The average molecular weight is 702 g/mol. The number of amides is 2. The summed E-state index contributed by atoms with van der Waals surface area (Å²) in [6.07, 6.45) is 0.679. The summed E-state index contributed by atoms with van der Waals surface area (Å²) in [5.74, 6) is -0.106. The van der Waals surface area contributed by atoms with Gasteiger partial charge in [0, 0.05) is 33.0 Å². The van der Waals surface area contributed by atoms with Crippen LogP contribution in [-0.4, -0.2) is 191 Å². The van der Waals surface area contributed by atoms with E-state index < -0.39 is 0 Å². The molecule has 48 heavy (non-hydrogen) atoms. The molecule has 286 valence electrons. The predicted molar refractivity (Wildman–Crippen MR) is 175 cm³/mol. The van der Waals surface area contributed by atoms with Crippen LogP contribution in [0.25, 0.3) is 0 Å². The third kappa shape index (κ3) is 40.6. The maximum Gasteiger partial charge on any atom is 0.222 e. The highest BCUT2D eigenvalue weighted by Crippen LogP contribution is 1.88. The Bertz CT molecular complexity index is 670. The summed E-state index contributed by atoms with van der Waals surface area (Å²) in [5, 5.41) is 5.25. The molecule has 0 saturated carbocycles. The van der Waals surface area contributed by atoms with Gasteiger partial charge >= 0.3 is 0 Å². The van der Waals surface area contributed by atoms with Gasteiger partial charge in [-0.05, 0) is 0 Å². The zero-order valence-corrected chi connectivity index (χ0v) is 29.1. The van der Waals surface area contributed by atoms with Crippen molar-refractivity contribution in [3.05, 3.63) is 0 Å². The number of nitrogens with one attached hydrogen (secondary N) is 2. The molecule has 0 aliphatic rings. The van der Waals surface area contributed by atoms with Crippen molar-refractivity contribution in [2.45, 2.75) is 12.8 Å². The lowest BCUT2D eigenvalue weighted by Gasteiger charge is -2.09. The summed E-state index contributed by atoms with van der Waals surface area (Å²) < 4.78 is 65.1. The fourth-order valence-electron chi connectivity index (χ4n) is 3.29. The molecule has 0 radical (unpaired) electrons. The van der Waals surface area contributed by atoms with Gasteiger partial charge in [0.25, 0.3) is 0 Å². The summed E-state index contributed by atoms with van der Waals surface area (Å²) in [6.45, 7) is 12.3. The van der Waals surface area contributed by atoms with Gasteiger partial charge in [-0.2, -0.15) is 0 Å². The second kappa shape index (κ2) is 41.6. The van der Waals surface area contributed by atoms with E-state index in [1.165, 1.54) is 0 Å². The minimum atomic E-state index is -0.0666. The molecule has 0 aromatic carbocycles. The lowest BCUT2D eigenvalue weighted by atomic mass is 10.4. The maximum absolute atomic E-state index is 11.2. The van der Waals surface area contributed by atoms with Crippen molar-refractivity contribution in [1.29, 1.82) is 0 Å². The SMILES string of the molecule is CNC(=O)CCOCCOCCOCCOCCOCCOCCOCCOCCOCCOCCOCCOCCNC(=O)CCN. The van der Waals surface area contributed by atoms with Crippen molar-refractivity contribution >= 4 is 11.8 Å². The van der Waals surface area contributed by atoms with E-state index in [1.54, 1.807) is 7.05 Å². The maximum atomic E-state index is 11.2. The van der Waals surface area contributed by atoms with Crippen LogP contribution in [0, 0.1) is 0 Å². The Hall–Kier alpha value is -1.58. The number of hydrogen-bond donors (Lipinski definition) is 3. The molecule has 0 atom stereocenters. The molecule has 0 aliphatic heterocycles. The Labute approximate surface area is 286 Å². The van der Waals surface area contributed by atoms with E-state index in [2.05, 4.69) is 10.6 Å². The molecule has 0 rings (SSSR count).